The number of likely N-dealkylation sites (N-methyl/N-ethyl adjacent to an activating group) is 1. The first-order valence-corrected chi connectivity index (χ1v) is 10.8. The van der Waals surface area contributed by atoms with Gasteiger partial charge in [-0.25, -0.2) is 4.39 Å². The van der Waals surface area contributed by atoms with Gasteiger partial charge in [0.15, 0.2) is 5.78 Å². The van der Waals surface area contributed by atoms with Crippen LogP contribution in [-0.4, -0.2) is 38.1 Å². The number of alkyl halides is 3. The van der Waals surface area contributed by atoms with E-state index in [4.69, 9.17) is 11.6 Å². The number of hydrogen-bond donors (Lipinski definition) is 2. The van der Waals surface area contributed by atoms with Gasteiger partial charge in [-0.15, -0.1) is 0 Å². The van der Waals surface area contributed by atoms with Crippen LogP contribution in [0.25, 0.3) is 0 Å². The van der Waals surface area contributed by atoms with Crippen LogP contribution in [0.1, 0.15) is 23.6 Å². The van der Waals surface area contributed by atoms with Gasteiger partial charge >= 0.3 is 6.18 Å². The van der Waals surface area contributed by atoms with E-state index in [1.807, 2.05) is 0 Å². The number of rotatable bonds is 5. The van der Waals surface area contributed by atoms with Crippen molar-refractivity contribution in [3.63, 3.8) is 0 Å². The summed E-state index contributed by atoms with van der Waals surface area (Å²) in [4.78, 5) is 12.7. The Morgan fingerprint density at radius 1 is 1.23 bits per heavy atom. The Hall–Kier alpha value is -2.21. The molecular weight excluding hydrogens is 462 g/mol. The molecule has 3 rings (SSSR count). The molecule has 0 amide bonds. The van der Waals surface area contributed by atoms with Gasteiger partial charge < -0.3 is 5.32 Å². The maximum Gasteiger partial charge on any atom is 0.416 e. The average Bonchev–Trinajstić information content (AvgIpc) is 2.70. The molecule has 1 aliphatic heterocycles. The lowest BCUT2D eigenvalue weighted by atomic mass is 9.96. The molecule has 2 aromatic carbocycles. The topological polar surface area (TPSA) is 78.5 Å². The van der Waals surface area contributed by atoms with Gasteiger partial charge in [0.1, 0.15) is 5.82 Å². The zero-order valence-corrected chi connectivity index (χ0v) is 17.7. The van der Waals surface area contributed by atoms with Crippen LogP contribution in [0.2, 0.25) is 5.02 Å². The van der Waals surface area contributed by atoms with Crippen molar-refractivity contribution in [2.75, 3.05) is 18.9 Å². The number of anilines is 1. The predicted octanol–water partition coefficient (Wildman–Crippen LogP) is 3.76. The number of Topliss-reactive ketones (excluding diaryl/α,β-unsaturated/α-hetero) is 1. The van der Waals surface area contributed by atoms with E-state index in [0.29, 0.717) is 11.3 Å². The summed E-state index contributed by atoms with van der Waals surface area (Å²) in [6, 6.07) is 5.94. The standard InChI is InChI=1S/C19H18ClF4N3O3S/c1-27-17(18(28)10-25-13-6-7-15(21)14(20)8-13)9-16(26-31(27,29)30)11-2-4-12(5-3-11)19(22,23)24/h2-8,16-17,25-26H,9-10H2,1H3. The minimum absolute atomic E-state index is 0.0196. The molecule has 1 heterocycles. The maximum atomic E-state index is 13.3. The number of nitrogens with one attached hydrogen (secondary N) is 2. The Balaban J connectivity index is 1.76. The molecule has 168 valence electrons. The molecule has 6 nitrogen and oxygen atoms in total. The minimum Gasteiger partial charge on any atom is -0.378 e. The summed E-state index contributed by atoms with van der Waals surface area (Å²) < 4.78 is 79.8. The molecular formula is C19H18ClF4N3O3S. The molecule has 0 radical (unpaired) electrons. The number of carbonyl (C=O) groups excluding carboxylic acids is 1. The molecule has 2 unspecified atom stereocenters. The summed E-state index contributed by atoms with van der Waals surface area (Å²) in [5.74, 6) is -1.09. The van der Waals surface area contributed by atoms with Gasteiger partial charge in [-0.05, 0) is 42.3 Å². The van der Waals surface area contributed by atoms with E-state index in [1.165, 1.54) is 31.3 Å². The molecule has 2 N–H and O–H groups in total. The molecule has 0 saturated carbocycles. The number of benzene rings is 2. The van der Waals surface area contributed by atoms with E-state index in [9.17, 15) is 30.8 Å². The fraction of sp³-hybridized carbons (Fsp3) is 0.316. The largest absolute Gasteiger partial charge is 0.416 e. The molecule has 0 aromatic heterocycles. The van der Waals surface area contributed by atoms with Crippen molar-refractivity contribution in [3.05, 3.63) is 64.4 Å². The van der Waals surface area contributed by atoms with E-state index in [2.05, 4.69) is 10.0 Å². The Bertz CT molecular complexity index is 1080. The van der Waals surface area contributed by atoms with Crippen LogP contribution in [0.4, 0.5) is 23.2 Å². The van der Waals surface area contributed by atoms with Gasteiger partial charge in [-0.3, -0.25) is 4.79 Å². The zero-order chi connectivity index (χ0) is 23.0. The van der Waals surface area contributed by atoms with Crippen molar-refractivity contribution in [2.45, 2.75) is 24.7 Å². The minimum atomic E-state index is -4.52. The number of ketones is 1. The molecule has 31 heavy (non-hydrogen) atoms. The van der Waals surface area contributed by atoms with Gasteiger partial charge in [-0.2, -0.15) is 30.6 Å². The van der Waals surface area contributed by atoms with Crippen molar-refractivity contribution in [3.8, 4) is 0 Å². The summed E-state index contributed by atoms with van der Waals surface area (Å²) in [5.41, 5.74) is -0.180. The van der Waals surface area contributed by atoms with Gasteiger partial charge in [0.2, 0.25) is 0 Å². The quantitative estimate of drug-likeness (QED) is 0.640. The second-order valence-corrected chi connectivity index (χ2v) is 9.18. The first kappa shape index (κ1) is 23.5. The maximum absolute atomic E-state index is 13.3. The lowest BCUT2D eigenvalue weighted by molar-refractivity contribution is -0.137. The summed E-state index contributed by atoms with van der Waals surface area (Å²) in [7, 11) is -2.81. The summed E-state index contributed by atoms with van der Waals surface area (Å²) >= 11 is 5.70. The highest BCUT2D eigenvalue weighted by Gasteiger charge is 2.40. The van der Waals surface area contributed by atoms with Crippen LogP contribution in [-0.2, 0) is 21.2 Å². The second kappa shape index (κ2) is 8.73. The zero-order valence-electron chi connectivity index (χ0n) is 16.1. The van der Waals surface area contributed by atoms with Crippen LogP contribution in [0.3, 0.4) is 0 Å². The van der Waals surface area contributed by atoms with Crippen LogP contribution >= 0.6 is 11.6 Å². The summed E-state index contributed by atoms with van der Waals surface area (Å²) in [6.07, 6.45) is -4.50. The third kappa shape index (κ3) is 5.35. The fourth-order valence-electron chi connectivity index (χ4n) is 3.21. The SMILES string of the molecule is CN1C(C(=O)CNc2ccc(F)c(Cl)c2)CC(c2ccc(C(F)(F)F)cc2)NS1(=O)=O. The normalized spacial score (nSPS) is 21.6. The predicted molar refractivity (Wildman–Crippen MR) is 107 cm³/mol. The summed E-state index contributed by atoms with van der Waals surface area (Å²) in [5, 5.41) is 2.63. The Kier molecular flexibility index (Phi) is 6.61. The highest BCUT2D eigenvalue weighted by Crippen LogP contribution is 2.32. The van der Waals surface area contributed by atoms with E-state index in [0.717, 1.165) is 22.5 Å². The van der Waals surface area contributed by atoms with Crippen LogP contribution in [0.15, 0.2) is 42.5 Å². The molecule has 0 aliphatic carbocycles. The van der Waals surface area contributed by atoms with Crippen LogP contribution in [0, 0.1) is 5.82 Å². The second-order valence-electron chi connectivity index (χ2n) is 7.01. The molecule has 0 spiro atoms. The van der Waals surface area contributed by atoms with Crippen molar-refractivity contribution >= 4 is 33.3 Å². The van der Waals surface area contributed by atoms with Crippen molar-refractivity contribution in [1.29, 1.82) is 0 Å². The van der Waals surface area contributed by atoms with E-state index in [1.54, 1.807) is 0 Å². The highest BCUT2D eigenvalue weighted by molar-refractivity contribution is 7.87. The van der Waals surface area contributed by atoms with Crippen LogP contribution < -0.4 is 10.0 Å². The Labute approximate surface area is 181 Å². The molecule has 1 aliphatic rings. The average molecular weight is 480 g/mol. The third-order valence-corrected chi connectivity index (χ3v) is 6.85. The van der Waals surface area contributed by atoms with Crippen molar-refractivity contribution in [1.82, 2.24) is 9.03 Å². The highest BCUT2D eigenvalue weighted by atomic mass is 35.5. The van der Waals surface area contributed by atoms with Crippen molar-refractivity contribution in [2.24, 2.45) is 0 Å². The smallest absolute Gasteiger partial charge is 0.378 e. The van der Waals surface area contributed by atoms with Crippen LogP contribution in [0.5, 0.6) is 0 Å². The van der Waals surface area contributed by atoms with Crippen molar-refractivity contribution < 1.29 is 30.8 Å². The Morgan fingerprint density at radius 2 is 1.87 bits per heavy atom. The monoisotopic (exact) mass is 479 g/mol. The molecule has 2 atom stereocenters. The Morgan fingerprint density at radius 3 is 2.45 bits per heavy atom. The molecule has 12 heteroatoms. The molecule has 2 aromatic rings. The molecule has 0 bridgehead atoms. The number of carbonyl (C=O) groups is 1. The number of halogens is 5. The molecule has 1 saturated heterocycles. The van der Waals surface area contributed by atoms with E-state index in [-0.39, 0.29) is 18.0 Å². The fourth-order valence-corrected chi connectivity index (χ4v) is 4.68. The first-order valence-electron chi connectivity index (χ1n) is 9.02. The summed E-state index contributed by atoms with van der Waals surface area (Å²) in [6.45, 7) is -0.258. The number of nitrogens with zero attached hydrogens (tertiary/aromatic N) is 1. The van der Waals surface area contributed by atoms with E-state index >= 15 is 0 Å². The first-order chi connectivity index (χ1) is 14.4. The molecule has 1 fully saturated rings. The lowest BCUT2D eigenvalue weighted by Crippen LogP contribution is -2.55. The van der Waals surface area contributed by atoms with E-state index < -0.39 is 45.6 Å². The third-order valence-electron chi connectivity index (χ3n) is 4.97. The number of hydrogen-bond acceptors (Lipinski definition) is 4. The van der Waals surface area contributed by atoms with Gasteiger partial charge in [0.05, 0.1) is 23.2 Å². The lowest BCUT2D eigenvalue weighted by Gasteiger charge is -2.36. The van der Waals surface area contributed by atoms with Gasteiger partial charge in [0.25, 0.3) is 10.2 Å². The van der Waals surface area contributed by atoms with Gasteiger partial charge in [0, 0.05) is 18.8 Å². The van der Waals surface area contributed by atoms with Gasteiger partial charge in [-0.1, -0.05) is 23.7 Å².